The van der Waals surface area contributed by atoms with E-state index in [-0.39, 0.29) is 11.8 Å². The molecule has 7 heteroatoms. The molecule has 1 aliphatic rings. The number of aromatic nitrogens is 2. The minimum absolute atomic E-state index is 0.127. The van der Waals surface area contributed by atoms with Crippen molar-refractivity contribution in [1.29, 1.82) is 0 Å². The molecule has 1 amide bonds. The van der Waals surface area contributed by atoms with Gasteiger partial charge in [-0.15, -0.1) is 0 Å². The van der Waals surface area contributed by atoms with Crippen molar-refractivity contribution in [3.63, 3.8) is 0 Å². The van der Waals surface area contributed by atoms with Gasteiger partial charge in [-0.1, -0.05) is 11.6 Å². The molecule has 0 aromatic carbocycles. The standard InChI is InChI=1S/C14H18ClN3O3/c1-9-11(13(15)17(2)16-9)3-4-12(19)18-7-5-10(6-8-18)14(20)21/h3-4,10H,5-8H2,1-2H3,(H,20,21)/b4-3+. The molecule has 1 N–H and O–H groups in total. The Bertz CT molecular complexity index is 587. The number of hydrogen-bond acceptors (Lipinski definition) is 3. The van der Waals surface area contributed by atoms with Crippen molar-refractivity contribution < 1.29 is 14.7 Å². The molecule has 1 aromatic heterocycles. The number of hydrogen-bond donors (Lipinski definition) is 1. The quantitative estimate of drug-likeness (QED) is 0.862. The van der Waals surface area contributed by atoms with Gasteiger partial charge in [-0.25, -0.2) is 0 Å². The summed E-state index contributed by atoms with van der Waals surface area (Å²) in [5, 5.41) is 13.6. The van der Waals surface area contributed by atoms with Gasteiger partial charge in [0.1, 0.15) is 5.15 Å². The Balaban J connectivity index is 1.99. The molecule has 114 valence electrons. The second kappa shape index (κ2) is 6.30. The van der Waals surface area contributed by atoms with Crippen molar-refractivity contribution in [2.75, 3.05) is 13.1 Å². The third kappa shape index (κ3) is 3.44. The number of piperidine rings is 1. The second-order valence-electron chi connectivity index (χ2n) is 5.18. The van der Waals surface area contributed by atoms with Crippen LogP contribution in [0, 0.1) is 12.8 Å². The van der Waals surface area contributed by atoms with Gasteiger partial charge in [0.2, 0.25) is 5.91 Å². The molecule has 1 aliphatic heterocycles. The number of likely N-dealkylation sites (tertiary alicyclic amines) is 1. The van der Waals surface area contributed by atoms with E-state index in [1.54, 1.807) is 22.7 Å². The fourth-order valence-electron chi connectivity index (χ4n) is 2.44. The van der Waals surface area contributed by atoms with Crippen molar-refractivity contribution >= 4 is 29.6 Å². The number of aliphatic carboxylic acids is 1. The van der Waals surface area contributed by atoms with Gasteiger partial charge in [0.15, 0.2) is 0 Å². The molecule has 2 heterocycles. The molecule has 1 saturated heterocycles. The maximum Gasteiger partial charge on any atom is 0.306 e. The fourth-order valence-corrected chi connectivity index (χ4v) is 2.68. The van der Waals surface area contributed by atoms with Gasteiger partial charge in [-0.2, -0.15) is 5.10 Å². The van der Waals surface area contributed by atoms with Crippen molar-refractivity contribution in [1.82, 2.24) is 14.7 Å². The molecule has 1 aromatic rings. The van der Waals surface area contributed by atoms with E-state index in [2.05, 4.69) is 5.10 Å². The fraction of sp³-hybridized carbons (Fsp3) is 0.500. The van der Waals surface area contributed by atoms with Crippen LogP contribution in [0.5, 0.6) is 0 Å². The summed E-state index contributed by atoms with van der Waals surface area (Å²) in [6.07, 6.45) is 4.14. The maximum absolute atomic E-state index is 12.1. The van der Waals surface area contributed by atoms with Crippen LogP contribution in [0.3, 0.4) is 0 Å². The first-order valence-electron chi connectivity index (χ1n) is 6.79. The molecule has 6 nitrogen and oxygen atoms in total. The summed E-state index contributed by atoms with van der Waals surface area (Å²) in [5.41, 5.74) is 1.49. The summed E-state index contributed by atoms with van der Waals surface area (Å²) < 4.78 is 1.55. The van der Waals surface area contributed by atoms with Crippen LogP contribution < -0.4 is 0 Å². The van der Waals surface area contributed by atoms with Crippen LogP contribution in [0.15, 0.2) is 6.08 Å². The molecule has 1 fully saturated rings. The topological polar surface area (TPSA) is 75.4 Å². The summed E-state index contributed by atoms with van der Waals surface area (Å²) in [6.45, 7) is 2.77. The monoisotopic (exact) mass is 311 g/mol. The lowest BCUT2D eigenvalue weighted by atomic mass is 9.97. The maximum atomic E-state index is 12.1. The van der Waals surface area contributed by atoms with E-state index >= 15 is 0 Å². The van der Waals surface area contributed by atoms with Gasteiger partial charge < -0.3 is 10.0 Å². The van der Waals surface area contributed by atoms with Crippen molar-refractivity contribution in [2.24, 2.45) is 13.0 Å². The van der Waals surface area contributed by atoms with Crippen molar-refractivity contribution in [3.8, 4) is 0 Å². The summed E-state index contributed by atoms with van der Waals surface area (Å²) in [7, 11) is 1.74. The second-order valence-corrected chi connectivity index (χ2v) is 5.54. The largest absolute Gasteiger partial charge is 0.481 e. The number of carbonyl (C=O) groups excluding carboxylic acids is 1. The number of halogens is 1. The number of amides is 1. The van der Waals surface area contributed by atoms with E-state index in [0.717, 1.165) is 11.3 Å². The minimum atomic E-state index is -0.782. The number of nitrogens with zero attached hydrogens (tertiary/aromatic N) is 3. The molecule has 0 aliphatic carbocycles. The van der Waals surface area contributed by atoms with Crippen molar-refractivity contribution in [3.05, 3.63) is 22.5 Å². The van der Waals surface area contributed by atoms with Crippen LogP contribution >= 0.6 is 11.6 Å². The third-order valence-corrected chi connectivity index (χ3v) is 4.19. The minimum Gasteiger partial charge on any atom is -0.481 e. The van der Waals surface area contributed by atoms with Gasteiger partial charge in [-0.05, 0) is 25.8 Å². The van der Waals surface area contributed by atoms with Crippen LogP contribution in [0.2, 0.25) is 5.15 Å². The molecular weight excluding hydrogens is 294 g/mol. The average Bonchev–Trinajstić information content (AvgIpc) is 2.70. The third-order valence-electron chi connectivity index (χ3n) is 3.74. The zero-order chi connectivity index (χ0) is 15.6. The highest BCUT2D eigenvalue weighted by molar-refractivity contribution is 6.31. The molecule has 0 bridgehead atoms. The molecule has 0 saturated carbocycles. The SMILES string of the molecule is Cc1nn(C)c(Cl)c1/C=C/C(=O)N1CCC(C(=O)O)CC1. The van der Waals surface area contributed by atoms with Crippen LogP contribution in [0.4, 0.5) is 0 Å². The Kier molecular flexibility index (Phi) is 4.67. The Morgan fingerprint density at radius 1 is 1.38 bits per heavy atom. The Labute approximate surface area is 128 Å². The first-order valence-corrected chi connectivity index (χ1v) is 7.17. The van der Waals surface area contributed by atoms with Gasteiger partial charge >= 0.3 is 5.97 Å². The smallest absolute Gasteiger partial charge is 0.306 e. The number of carboxylic acids is 1. The van der Waals surface area contributed by atoms with E-state index in [1.165, 1.54) is 6.08 Å². The molecule has 0 atom stereocenters. The predicted molar refractivity (Wildman–Crippen MR) is 78.9 cm³/mol. The van der Waals surface area contributed by atoms with Crippen LogP contribution in [0.1, 0.15) is 24.1 Å². The van der Waals surface area contributed by atoms with E-state index in [0.29, 0.717) is 31.1 Å². The Morgan fingerprint density at radius 2 is 2.00 bits per heavy atom. The summed E-state index contributed by atoms with van der Waals surface area (Å²) >= 11 is 6.10. The van der Waals surface area contributed by atoms with Gasteiger partial charge in [0.25, 0.3) is 0 Å². The number of aryl methyl sites for hydroxylation is 2. The van der Waals surface area contributed by atoms with E-state index in [9.17, 15) is 9.59 Å². The Morgan fingerprint density at radius 3 is 2.48 bits per heavy atom. The number of carbonyl (C=O) groups is 2. The molecular formula is C14H18ClN3O3. The van der Waals surface area contributed by atoms with E-state index in [4.69, 9.17) is 16.7 Å². The first-order chi connectivity index (χ1) is 9.90. The van der Waals surface area contributed by atoms with E-state index < -0.39 is 5.97 Å². The molecule has 0 spiro atoms. The number of rotatable bonds is 3. The lowest BCUT2D eigenvalue weighted by Gasteiger charge is -2.29. The molecule has 0 unspecified atom stereocenters. The van der Waals surface area contributed by atoms with Crippen LogP contribution in [-0.4, -0.2) is 44.8 Å². The van der Waals surface area contributed by atoms with Crippen molar-refractivity contribution in [2.45, 2.75) is 19.8 Å². The van der Waals surface area contributed by atoms with E-state index in [1.807, 2.05) is 6.92 Å². The highest BCUT2D eigenvalue weighted by atomic mass is 35.5. The van der Waals surface area contributed by atoms with Gasteiger partial charge in [0, 0.05) is 31.8 Å². The summed E-state index contributed by atoms with van der Waals surface area (Å²) in [4.78, 5) is 24.6. The van der Waals surface area contributed by atoms with Crippen LogP contribution in [0.25, 0.3) is 6.08 Å². The summed E-state index contributed by atoms with van der Waals surface area (Å²) in [5.74, 6) is -1.25. The Hall–Kier alpha value is -1.82. The molecule has 0 radical (unpaired) electrons. The van der Waals surface area contributed by atoms with Gasteiger partial charge in [-0.3, -0.25) is 14.3 Å². The van der Waals surface area contributed by atoms with Gasteiger partial charge in [0.05, 0.1) is 11.6 Å². The molecule has 21 heavy (non-hydrogen) atoms. The lowest BCUT2D eigenvalue weighted by Crippen LogP contribution is -2.39. The predicted octanol–water partition coefficient (Wildman–Crippen LogP) is 1.72. The highest BCUT2D eigenvalue weighted by Crippen LogP contribution is 2.21. The first kappa shape index (κ1) is 15.6. The zero-order valence-corrected chi connectivity index (χ0v) is 12.8. The highest BCUT2D eigenvalue weighted by Gasteiger charge is 2.26. The normalized spacial score (nSPS) is 16.6. The number of carboxylic acid groups (broad SMARTS) is 1. The average molecular weight is 312 g/mol. The zero-order valence-electron chi connectivity index (χ0n) is 12.0. The van der Waals surface area contributed by atoms with Crippen LogP contribution in [-0.2, 0) is 16.6 Å². The molecule has 2 rings (SSSR count). The lowest BCUT2D eigenvalue weighted by molar-refractivity contribution is -0.144. The summed E-state index contributed by atoms with van der Waals surface area (Å²) in [6, 6.07) is 0.